The molecule has 7 nitrogen and oxygen atoms in total. The highest BCUT2D eigenvalue weighted by atomic mass is 79.9. The highest BCUT2D eigenvalue weighted by Crippen LogP contribution is 2.23. The normalized spacial score (nSPS) is 12.4. The van der Waals surface area contributed by atoms with Crippen molar-refractivity contribution >= 4 is 27.9 Å². The summed E-state index contributed by atoms with van der Waals surface area (Å²) < 4.78 is 10.8. The number of carbonyl (C=O) groups is 2. The average molecular weight is 414 g/mol. The SMILES string of the molecule is CCCC(=O)O/C(=C\[C@@H](C[N+](=O)[O-])c1ccc(Br)cc1)C(=O)OCC. The summed E-state index contributed by atoms with van der Waals surface area (Å²) in [5.41, 5.74) is 0.619. The van der Waals surface area contributed by atoms with E-state index < -0.39 is 29.3 Å². The zero-order chi connectivity index (χ0) is 18.8. The predicted molar refractivity (Wildman–Crippen MR) is 94.5 cm³/mol. The van der Waals surface area contributed by atoms with Crippen molar-refractivity contribution < 1.29 is 24.0 Å². The van der Waals surface area contributed by atoms with Crippen molar-refractivity contribution in [3.8, 4) is 0 Å². The highest BCUT2D eigenvalue weighted by Gasteiger charge is 2.23. The Bertz CT molecular complexity index is 641. The Morgan fingerprint density at radius 2 is 1.92 bits per heavy atom. The molecule has 0 aliphatic heterocycles. The van der Waals surface area contributed by atoms with E-state index in [1.807, 2.05) is 0 Å². The maximum atomic E-state index is 12.0. The zero-order valence-corrected chi connectivity index (χ0v) is 15.7. The molecule has 8 heteroatoms. The molecular formula is C17H20BrNO6. The van der Waals surface area contributed by atoms with Gasteiger partial charge in [-0.25, -0.2) is 4.79 Å². The summed E-state index contributed by atoms with van der Waals surface area (Å²) >= 11 is 3.30. The summed E-state index contributed by atoms with van der Waals surface area (Å²) in [6.45, 7) is 3.06. The third-order valence-corrected chi connectivity index (χ3v) is 3.68. The number of esters is 2. The van der Waals surface area contributed by atoms with Crippen LogP contribution in [0.25, 0.3) is 0 Å². The Morgan fingerprint density at radius 3 is 2.44 bits per heavy atom. The molecule has 136 valence electrons. The topological polar surface area (TPSA) is 95.7 Å². The molecule has 0 N–H and O–H groups in total. The number of nitrogens with zero attached hydrogens (tertiary/aromatic N) is 1. The molecule has 0 aliphatic carbocycles. The first-order valence-corrected chi connectivity index (χ1v) is 8.63. The second kappa shape index (κ2) is 10.6. The molecule has 0 amide bonds. The summed E-state index contributed by atoms with van der Waals surface area (Å²) in [6.07, 6.45) is 1.96. The van der Waals surface area contributed by atoms with Gasteiger partial charge in [-0.15, -0.1) is 0 Å². The monoisotopic (exact) mass is 413 g/mol. The van der Waals surface area contributed by atoms with Gasteiger partial charge in [-0.3, -0.25) is 14.9 Å². The van der Waals surface area contributed by atoms with Crippen molar-refractivity contribution in [2.75, 3.05) is 13.2 Å². The molecule has 1 aromatic rings. The van der Waals surface area contributed by atoms with Gasteiger partial charge in [0.15, 0.2) is 0 Å². The van der Waals surface area contributed by atoms with Gasteiger partial charge in [-0.2, -0.15) is 0 Å². The molecule has 0 saturated heterocycles. The number of nitro groups is 1. The van der Waals surface area contributed by atoms with Crippen LogP contribution in [-0.4, -0.2) is 30.0 Å². The van der Waals surface area contributed by atoms with Crippen molar-refractivity contribution in [2.24, 2.45) is 0 Å². The van der Waals surface area contributed by atoms with Gasteiger partial charge in [0.05, 0.1) is 12.5 Å². The minimum Gasteiger partial charge on any atom is -0.460 e. The Hall–Kier alpha value is -2.22. The largest absolute Gasteiger partial charge is 0.460 e. The van der Waals surface area contributed by atoms with Crippen LogP contribution in [-0.2, 0) is 19.1 Å². The second-order valence-electron chi connectivity index (χ2n) is 5.15. The number of halogens is 1. The molecule has 0 radical (unpaired) electrons. The lowest BCUT2D eigenvalue weighted by Crippen LogP contribution is -2.18. The van der Waals surface area contributed by atoms with E-state index in [-0.39, 0.29) is 18.8 Å². The zero-order valence-electron chi connectivity index (χ0n) is 14.1. The van der Waals surface area contributed by atoms with Crippen LogP contribution in [0.4, 0.5) is 0 Å². The fourth-order valence-corrected chi connectivity index (χ4v) is 2.30. The van der Waals surface area contributed by atoms with Crippen molar-refractivity contribution in [3.63, 3.8) is 0 Å². The molecule has 0 bridgehead atoms. The summed E-state index contributed by atoms with van der Waals surface area (Å²) in [7, 11) is 0. The van der Waals surface area contributed by atoms with E-state index in [2.05, 4.69) is 15.9 Å². The first-order chi connectivity index (χ1) is 11.9. The lowest BCUT2D eigenvalue weighted by Gasteiger charge is -2.13. The maximum absolute atomic E-state index is 12.0. The van der Waals surface area contributed by atoms with Crippen molar-refractivity contribution in [2.45, 2.75) is 32.6 Å². The van der Waals surface area contributed by atoms with Crippen LogP contribution in [0.1, 0.15) is 38.2 Å². The third-order valence-electron chi connectivity index (χ3n) is 3.15. The third kappa shape index (κ3) is 7.47. The molecule has 0 aliphatic rings. The smallest absolute Gasteiger partial charge is 0.374 e. The van der Waals surface area contributed by atoms with Crippen molar-refractivity contribution in [1.82, 2.24) is 0 Å². The van der Waals surface area contributed by atoms with Crippen LogP contribution in [0.3, 0.4) is 0 Å². The van der Waals surface area contributed by atoms with Gasteiger partial charge >= 0.3 is 11.9 Å². The molecule has 0 fully saturated rings. The van der Waals surface area contributed by atoms with Gasteiger partial charge in [-0.1, -0.05) is 35.0 Å². The van der Waals surface area contributed by atoms with Gasteiger partial charge in [-0.05, 0) is 37.1 Å². The molecule has 1 aromatic carbocycles. The Morgan fingerprint density at radius 1 is 1.28 bits per heavy atom. The van der Waals surface area contributed by atoms with E-state index in [0.29, 0.717) is 12.0 Å². The van der Waals surface area contributed by atoms with Crippen molar-refractivity contribution in [1.29, 1.82) is 0 Å². The van der Waals surface area contributed by atoms with Gasteiger partial charge in [0.1, 0.15) is 0 Å². The Balaban J connectivity index is 3.19. The fraction of sp³-hybridized carbons (Fsp3) is 0.412. The van der Waals surface area contributed by atoms with Gasteiger partial charge in [0, 0.05) is 15.8 Å². The minimum absolute atomic E-state index is 0.0969. The van der Waals surface area contributed by atoms with E-state index in [4.69, 9.17) is 9.47 Å². The average Bonchev–Trinajstić information content (AvgIpc) is 2.54. The second-order valence-corrected chi connectivity index (χ2v) is 6.06. The van der Waals surface area contributed by atoms with Gasteiger partial charge in [0.2, 0.25) is 12.3 Å². The van der Waals surface area contributed by atoms with E-state index in [9.17, 15) is 19.7 Å². The molecule has 1 rings (SSSR count). The standard InChI is InChI=1S/C17H20BrNO6/c1-3-5-16(20)25-15(17(21)24-4-2)10-13(11-19(22)23)12-6-8-14(18)9-7-12/h6-10,13H,3-5,11H2,1-2H3/b15-10-/t13-/m0/s1. The molecule has 1 atom stereocenters. The van der Waals surface area contributed by atoms with Crippen LogP contribution < -0.4 is 0 Å². The van der Waals surface area contributed by atoms with Crippen LogP contribution >= 0.6 is 15.9 Å². The molecular weight excluding hydrogens is 394 g/mol. The molecule has 0 aromatic heterocycles. The maximum Gasteiger partial charge on any atom is 0.374 e. The number of hydrogen-bond acceptors (Lipinski definition) is 6. The summed E-state index contributed by atoms with van der Waals surface area (Å²) in [5.74, 6) is -2.47. The highest BCUT2D eigenvalue weighted by molar-refractivity contribution is 9.10. The van der Waals surface area contributed by atoms with Crippen LogP contribution in [0.15, 0.2) is 40.6 Å². The predicted octanol–water partition coefficient (Wildman–Crippen LogP) is 3.60. The van der Waals surface area contributed by atoms with Crippen molar-refractivity contribution in [3.05, 3.63) is 56.3 Å². The quantitative estimate of drug-likeness (QED) is 0.201. The van der Waals surface area contributed by atoms with Crippen LogP contribution in [0.5, 0.6) is 0 Å². The Kier molecular flexibility index (Phi) is 8.83. The number of rotatable bonds is 9. The molecule has 0 heterocycles. The first-order valence-electron chi connectivity index (χ1n) is 7.84. The number of carbonyl (C=O) groups excluding carboxylic acids is 2. The molecule has 25 heavy (non-hydrogen) atoms. The van der Waals surface area contributed by atoms with E-state index in [1.54, 1.807) is 38.1 Å². The van der Waals surface area contributed by atoms with Gasteiger partial charge < -0.3 is 9.47 Å². The van der Waals surface area contributed by atoms with Crippen LogP contribution in [0, 0.1) is 10.1 Å². The first kappa shape index (κ1) is 20.8. The van der Waals surface area contributed by atoms with E-state index in [1.165, 1.54) is 6.08 Å². The Labute approximate surface area is 154 Å². The molecule has 0 unspecified atom stereocenters. The number of benzene rings is 1. The number of ether oxygens (including phenoxy) is 2. The van der Waals surface area contributed by atoms with E-state index >= 15 is 0 Å². The number of hydrogen-bond donors (Lipinski definition) is 0. The van der Waals surface area contributed by atoms with Gasteiger partial charge in [0.25, 0.3) is 0 Å². The minimum atomic E-state index is -0.822. The summed E-state index contributed by atoms with van der Waals surface area (Å²) in [6, 6.07) is 6.88. The fourth-order valence-electron chi connectivity index (χ4n) is 2.03. The van der Waals surface area contributed by atoms with Crippen LogP contribution in [0.2, 0.25) is 0 Å². The summed E-state index contributed by atoms with van der Waals surface area (Å²) in [5, 5.41) is 11.0. The lowest BCUT2D eigenvalue weighted by molar-refractivity contribution is -0.481. The lowest BCUT2D eigenvalue weighted by atomic mass is 9.98. The summed E-state index contributed by atoms with van der Waals surface area (Å²) in [4.78, 5) is 34.3. The van der Waals surface area contributed by atoms with E-state index in [0.717, 1.165) is 4.47 Å². The molecule has 0 saturated carbocycles. The molecule has 0 spiro atoms.